The summed E-state index contributed by atoms with van der Waals surface area (Å²) in [5.74, 6) is 0.0292. The summed E-state index contributed by atoms with van der Waals surface area (Å²) in [6.45, 7) is 3.93. The lowest BCUT2D eigenvalue weighted by Gasteiger charge is -2.16. The van der Waals surface area contributed by atoms with E-state index in [1.165, 1.54) is 5.56 Å². The van der Waals surface area contributed by atoms with Crippen molar-refractivity contribution in [1.29, 1.82) is 0 Å². The highest BCUT2D eigenvalue weighted by molar-refractivity contribution is 7.09. The second-order valence-electron chi connectivity index (χ2n) is 5.12. The molecule has 0 saturated carbocycles. The lowest BCUT2D eigenvalue weighted by Crippen LogP contribution is -2.39. The van der Waals surface area contributed by atoms with Gasteiger partial charge in [0.15, 0.2) is 0 Å². The molecule has 1 aromatic carbocycles. The quantitative estimate of drug-likeness (QED) is 0.912. The van der Waals surface area contributed by atoms with Gasteiger partial charge in [-0.15, -0.1) is 11.3 Å². The number of benzene rings is 1. The van der Waals surface area contributed by atoms with E-state index in [0.717, 1.165) is 22.8 Å². The fourth-order valence-corrected chi connectivity index (χ4v) is 3.21. The molecule has 20 heavy (non-hydrogen) atoms. The third-order valence-corrected chi connectivity index (χ3v) is 4.60. The number of amides is 1. The van der Waals surface area contributed by atoms with Gasteiger partial charge in [-0.2, -0.15) is 0 Å². The lowest BCUT2D eigenvalue weighted by molar-refractivity contribution is -0.122. The van der Waals surface area contributed by atoms with Gasteiger partial charge < -0.3 is 10.6 Å². The first-order chi connectivity index (χ1) is 9.63. The molecule has 2 unspecified atom stereocenters. The number of hydrogen-bond acceptors (Lipinski definition) is 4. The van der Waals surface area contributed by atoms with E-state index >= 15 is 0 Å². The van der Waals surface area contributed by atoms with Crippen molar-refractivity contribution in [2.24, 2.45) is 0 Å². The van der Waals surface area contributed by atoms with Crippen molar-refractivity contribution in [1.82, 2.24) is 10.3 Å². The van der Waals surface area contributed by atoms with E-state index < -0.39 is 0 Å². The molecule has 1 amide bonds. The zero-order valence-corrected chi connectivity index (χ0v) is 12.3. The van der Waals surface area contributed by atoms with Crippen LogP contribution in [0.5, 0.6) is 0 Å². The van der Waals surface area contributed by atoms with Crippen LogP contribution in [0.15, 0.2) is 29.6 Å². The topological polar surface area (TPSA) is 54.0 Å². The average molecular weight is 287 g/mol. The van der Waals surface area contributed by atoms with Crippen LogP contribution in [0.4, 0.5) is 5.69 Å². The summed E-state index contributed by atoms with van der Waals surface area (Å²) in [6.07, 6.45) is 0.742. The average Bonchev–Trinajstić information content (AvgIpc) is 3.04. The molecule has 1 aliphatic rings. The van der Waals surface area contributed by atoms with E-state index in [-0.39, 0.29) is 18.0 Å². The fraction of sp³-hybridized carbons (Fsp3) is 0.333. The Morgan fingerprint density at radius 1 is 1.50 bits per heavy atom. The summed E-state index contributed by atoms with van der Waals surface area (Å²) in [5, 5.41) is 9.25. The standard InChI is InChI=1S/C15H17N3OS/c1-9-8-20-15(16-9)10(2)17-14(19)13-7-11-5-3-4-6-12(11)18-13/h3-6,8,10,13,18H,7H2,1-2H3,(H,17,19). The molecule has 0 bridgehead atoms. The Morgan fingerprint density at radius 3 is 3.00 bits per heavy atom. The van der Waals surface area contributed by atoms with E-state index in [4.69, 9.17) is 0 Å². The van der Waals surface area contributed by atoms with E-state index in [1.54, 1.807) is 11.3 Å². The molecular formula is C15H17N3OS. The van der Waals surface area contributed by atoms with Crippen LogP contribution in [0, 0.1) is 6.92 Å². The summed E-state index contributed by atoms with van der Waals surface area (Å²) in [7, 11) is 0. The van der Waals surface area contributed by atoms with Crippen molar-refractivity contribution in [2.75, 3.05) is 5.32 Å². The van der Waals surface area contributed by atoms with Crippen molar-refractivity contribution in [3.8, 4) is 0 Å². The highest BCUT2D eigenvalue weighted by atomic mass is 32.1. The van der Waals surface area contributed by atoms with Crippen LogP contribution in [0.1, 0.15) is 29.2 Å². The normalized spacial score (nSPS) is 18.2. The number of para-hydroxylation sites is 1. The van der Waals surface area contributed by atoms with Gasteiger partial charge in [-0.1, -0.05) is 18.2 Å². The van der Waals surface area contributed by atoms with E-state index in [1.807, 2.05) is 37.4 Å². The number of carbonyl (C=O) groups excluding carboxylic acids is 1. The minimum Gasteiger partial charge on any atom is -0.373 e. The van der Waals surface area contributed by atoms with Gasteiger partial charge in [-0.05, 0) is 25.5 Å². The van der Waals surface area contributed by atoms with Crippen LogP contribution in [0.3, 0.4) is 0 Å². The molecule has 0 saturated heterocycles. The first-order valence-corrected chi connectivity index (χ1v) is 7.58. The maximum Gasteiger partial charge on any atom is 0.243 e. The van der Waals surface area contributed by atoms with Crippen molar-refractivity contribution in [3.63, 3.8) is 0 Å². The van der Waals surface area contributed by atoms with Gasteiger partial charge in [0.1, 0.15) is 11.0 Å². The van der Waals surface area contributed by atoms with Crippen LogP contribution >= 0.6 is 11.3 Å². The second kappa shape index (κ2) is 5.25. The molecule has 5 heteroatoms. The Bertz CT molecular complexity index is 613. The SMILES string of the molecule is Cc1csc(C(C)NC(=O)C2Cc3ccccc3N2)n1. The molecule has 104 valence electrons. The summed E-state index contributed by atoms with van der Waals surface area (Å²) >= 11 is 1.58. The van der Waals surface area contributed by atoms with E-state index in [0.29, 0.717) is 0 Å². The van der Waals surface area contributed by atoms with Crippen LogP contribution in [-0.4, -0.2) is 16.9 Å². The van der Waals surface area contributed by atoms with Crippen LogP contribution in [-0.2, 0) is 11.2 Å². The molecule has 1 aromatic heterocycles. The number of hydrogen-bond donors (Lipinski definition) is 2. The Kier molecular flexibility index (Phi) is 3.44. The Balaban J connectivity index is 1.64. The predicted molar refractivity (Wildman–Crippen MR) is 81.0 cm³/mol. The predicted octanol–water partition coefficient (Wildman–Crippen LogP) is 2.67. The number of nitrogens with one attached hydrogen (secondary N) is 2. The van der Waals surface area contributed by atoms with Gasteiger partial charge in [0, 0.05) is 23.2 Å². The molecule has 0 radical (unpaired) electrons. The number of aromatic nitrogens is 1. The number of thiazole rings is 1. The number of aryl methyl sites for hydroxylation is 1. The van der Waals surface area contributed by atoms with Gasteiger partial charge >= 0.3 is 0 Å². The van der Waals surface area contributed by atoms with Crippen LogP contribution in [0.25, 0.3) is 0 Å². The van der Waals surface area contributed by atoms with E-state index in [9.17, 15) is 4.79 Å². The minimum atomic E-state index is -0.184. The smallest absolute Gasteiger partial charge is 0.243 e. The maximum atomic E-state index is 12.3. The first-order valence-electron chi connectivity index (χ1n) is 6.70. The van der Waals surface area contributed by atoms with E-state index in [2.05, 4.69) is 21.7 Å². The summed E-state index contributed by atoms with van der Waals surface area (Å²) in [6, 6.07) is 7.82. The molecule has 3 rings (SSSR count). The molecule has 2 atom stereocenters. The second-order valence-corrected chi connectivity index (χ2v) is 6.01. The van der Waals surface area contributed by atoms with Crippen LogP contribution < -0.4 is 10.6 Å². The van der Waals surface area contributed by atoms with Crippen molar-refractivity contribution < 1.29 is 4.79 Å². The number of carbonyl (C=O) groups is 1. The third-order valence-electron chi connectivity index (χ3n) is 3.45. The van der Waals surface area contributed by atoms with Gasteiger partial charge in [0.05, 0.1) is 6.04 Å². The molecule has 0 fully saturated rings. The monoisotopic (exact) mass is 287 g/mol. The van der Waals surface area contributed by atoms with Gasteiger partial charge in [-0.3, -0.25) is 4.79 Å². The maximum absolute atomic E-state index is 12.3. The fourth-order valence-electron chi connectivity index (χ4n) is 2.40. The van der Waals surface area contributed by atoms with Crippen LogP contribution in [0.2, 0.25) is 0 Å². The minimum absolute atomic E-state index is 0.0292. The zero-order chi connectivity index (χ0) is 14.1. The van der Waals surface area contributed by atoms with Crippen molar-refractivity contribution in [2.45, 2.75) is 32.4 Å². The molecule has 4 nitrogen and oxygen atoms in total. The first kappa shape index (κ1) is 13.1. The Hall–Kier alpha value is -1.88. The largest absolute Gasteiger partial charge is 0.373 e. The zero-order valence-electron chi connectivity index (χ0n) is 11.5. The summed E-state index contributed by atoms with van der Waals surface area (Å²) in [5.41, 5.74) is 3.26. The number of anilines is 1. The third kappa shape index (κ3) is 2.54. The van der Waals surface area contributed by atoms with Crippen molar-refractivity contribution >= 4 is 22.9 Å². The molecule has 2 aromatic rings. The molecule has 1 aliphatic heterocycles. The van der Waals surface area contributed by atoms with Gasteiger partial charge in [0.25, 0.3) is 0 Å². The lowest BCUT2D eigenvalue weighted by atomic mass is 10.1. The molecule has 0 spiro atoms. The molecule has 0 aliphatic carbocycles. The highest BCUT2D eigenvalue weighted by Gasteiger charge is 2.27. The molecule has 2 N–H and O–H groups in total. The number of rotatable bonds is 3. The Labute approximate surface area is 122 Å². The van der Waals surface area contributed by atoms with Gasteiger partial charge in [-0.25, -0.2) is 4.98 Å². The van der Waals surface area contributed by atoms with Crippen molar-refractivity contribution in [3.05, 3.63) is 45.9 Å². The summed E-state index contributed by atoms with van der Waals surface area (Å²) < 4.78 is 0. The highest BCUT2D eigenvalue weighted by Crippen LogP contribution is 2.26. The molecule has 2 heterocycles. The number of nitrogens with zero attached hydrogens (tertiary/aromatic N) is 1. The number of fused-ring (bicyclic) bond motifs is 1. The van der Waals surface area contributed by atoms with Gasteiger partial charge in [0.2, 0.25) is 5.91 Å². The molecular weight excluding hydrogens is 270 g/mol. The Morgan fingerprint density at radius 2 is 2.30 bits per heavy atom. The summed E-state index contributed by atoms with van der Waals surface area (Å²) in [4.78, 5) is 16.7.